The number of aliphatic hydroxyl groups is 1. The van der Waals surface area contributed by atoms with Gasteiger partial charge in [0.1, 0.15) is 23.0 Å². The van der Waals surface area contributed by atoms with Crippen LogP contribution in [0, 0.1) is 5.21 Å². The van der Waals surface area contributed by atoms with Gasteiger partial charge in [0.25, 0.3) is 0 Å². The van der Waals surface area contributed by atoms with E-state index in [1.807, 2.05) is 12.1 Å². The van der Waals surface area contributed by atoms with Crippen molar-refractivity contribution in [3.05, 3.63) is 69.9 Å². The summed E-state index contributed by atoms with van der Waals surface area (Å²) in [7, 11) is 0. The van der Waals surface area contributed by atoms with Gasteiger partial charge in [0, 0.05) is 35.6 Å². The van der Waals surface area contributed by atoms with Crippen LogP contribution in [0.15, 0.2) is 42.9 Å². The van der Waals surface area contributed by atoms with Crippen molar-refractivity contribution in [2.45, 2.75) is 32.4 Å². The number of hydrogen-bond donors (Lipinski definition) is 4. The number of anilines is 3. The second-order valence-electron chi connectivity index (χ2n) is 7.90. The van der Waals surface area contributed by atoms with Crippen molar-refractivity contribution in [1.82, 2.24) is 15.0 Å². The summed E-state index contributed by atoms with van der Waals surface area (Å²) in [6.07, 6.45) is 3.86. The first-order chi connectivity index (χ1) is 14.7. The Morgan fingerprint density at radius 3 is 2.65 bits per heavy atom. The Balaban J connectivity index is 1.53. The SMILES string of the molecule is CC(C)(O)c1ccc(Nc2ncnc3c2CCN(c2ccc([NH+]([O-])O)c(Cl)c2)C3)nc1. The molecule has 4 N–H and O–H groups in total. The Morgan fingerprint density at radius 1 is 1.19 bits per heavy atom. The lowest BCUT2D eigenvalue weighted by Gasteiger charge is -2.31. The van der Waals surface area contributed by atoms with E-state index < -0.39 is 10.8 Å². The quantitative estimate of drug-likeness (QED) is 0.444. The monoisotopic (exact) mass is 442 g/mol. The molecule has 0 bridgehead atoms. The molecule has 2 aromatic heterocycles. The molecular formula is C21H23ClN6O3. The maximum absolute atomic E-state index is 11.2. The average Bonchev–Trinajstić information content (AvgIpc) is 2.73. The number of rotatable bonds is 5. The predicted molar refractivity (Wildman–Crippen MR) is 117 cm³/mol. The van der Waals surface area contributed by atoms with Crippen LogP contribution in [0.25, 0.3) is 0 Å². The van der Waals surface area contributed by atoms with E-state index in [1.165, 1.54) is 12.4 Å². The second kappa shape index (κ2) is 8.37. The van der Waals surface area contributed by atoms with Gasteiger partial charge >= 0.3 is 0 Å². The van der Waals surface area contributed by atoms with Crippen molar-refractivity contribution < 1.29 is 15.5 Å². The summed E-state index contributed by atoms with van der Waals surface area (Å²) in [6, 6.07) is 8.59. The molecule has 1 aliphatic rings. The average molecular weight is 443 g/mol. The first-order valence-corrected chi connectivity index (χ1v) is 10.2. The molecule has 162 valence electrons. The van der Waals surface area contributed by atoms with Crippen molar-refractivity contribution >= 4 is 34.6 Å². The van der Waals surface area contributed by atoms with Gasteiger partial charge in [0.15, 0.2) is 5.69 Å². The first-order valence-electron chi connectivity index (χ1n) is 9.79. The molecule has 1 aliphatic heterocycles. The standard InChI is InChI=1S/C21H23ClN6O3/c1-21(2,29)13-3-6-19(23-10-13)26-20-15-7-8-27(11-17(15)24-12-25-20)14-4-5-18(28(30)31)16(22)9-14/h3-6,9-10,12,28-30H,7-8,11H2,1-2H3,(H,23,24,25,26). The lowest BCUT2D eigenvalue weighted by Crippen LogP contribution is -2.99. The van der Waals surface area contributed by atoms with E-state index in [0.717, 1.165) is 22.5 Å². The molecule has 0 saturated carbocycles. The molecule has 0 fully saturated rings. The molecule has 31 heavy (non-hydrogen) atoms. The zero-order valence-corrected chi connectivity index (χ0v) is 17.9. The van der Waals surface area contributed by atoms with Crippen molar-refractivity contribution in [1.29, 1.82) is 0 Å². The Kier molecular flexibility index (Phi) is 5.78. The number of fused-ring (bicyclic) bond motifs is 1. The molecule has 3 aromatic rings. The van der Waals surface area contributed by atoms with Gasteiger partial charge in [-0.15, -0.1) is 0 Å². The number of aromatic nitrogens is 3. The topological polar surface area (TPSA) is 122 Å². The number of halogens is 1. The Morgan fingerprint density at radius 2 is 2.00 bits per heavy atom. The molecule has 1 unspecified atom stereocenters. The fourth-order valence-corrected chi connectivity index (χ4v) is 3.76. The third-order valence-corrected chi connectivity index (χ3v) is 5.58. The molecule has 4 rings (SSSR count). The third-order valence-electron chi connectivity index (χ3n) is 5.27. The van der Waals surface area contributed by atoms with Crippen LogP contribution in [-0.2, 0) is 18.6 Å². The minimum atomic E-state index is -1.05. The molecular weight excluding hydrogens is 420 g/mol. The fourth-order valence-electron chi connectivity index (χ4n) is 3.51. The van der Waals surface area contributed by atoms with Crippen LogP contribution in [0.1, 0.15) is 30.7 Å². The zero-order valence-electron chi connectivity index (χ0n) is 17.1. The van der Waals surface area contributed by atoms with Gasteiger partial charge in [-0.05, 0) is 38.5 Å². The summed E-state index contributed by atoms with van der Waals surface area (Å²) in [6.45, 7) is 4.70. The molecule has 0 aliphatic carbocycles. The van der Waals surface area contributed by atoms with Crippen molar-refractivity contribution in [2.24, 2.45) is 0 Å². The lowest BCUT2D eigenvalue weighted by atomic mass is 10.0. The molecule has 10 heteroatoms. The molecule has 0 saturated heterocycles. The van der Waals surface area contributed by atoms with E-state index in [0.29, 0.717) is 31.1 Å². The maximum Gasteiger partial charge on any atom is 0.182 e. The predicted octanol–water partition coefficient (Wildman–Crippen LogP) is 2.46. The van der Waals surface area contributed by atoms with Crippen LogP contribution in [-0.4, -0.2) is 31.8 Å². The van der Waals surface area contributed by atoms with Crippen LogP contribution in [0.2, 0.25) is 5.02 Å². The Labute approximate surface area is 184 Å². The summed E-state index contributed by atoms with van der Waals surface area (Å²) < 4.78 is 0. The van der Waals surface area contributed by atoms with Gasteiger partial charge in [-0.3, -0.25) is 0 Å². The Hall–Kier alpha value is -2.82. The van der Waals surface area contributed by atoms with Gasteiger partial charge in [-0.2, -0.15) is 5.23 Å². The van der Waals surface area contributed by atoms with Crippen LogP contribution < -0.4 is 15.4 Å². The van der Waals surface area contributed by atoms with Gasteiger partial charge < -0.3 is 20.5 Å². The van der Waals surface area contributed by atoms with Crippen LogP contribution in [0.4, 0.5) is 23.0 Å². The maximum atomic E-state index is 11.2. The van der Waals surface area contributed by atoms with E-state index in [1.54, 1.807) is 32.2 Å². The summed E-state index contributed by atoms with van der Waals surface area (Å²) in [4.78, 5) is 15.3. The van der Waals surface area contributed by atoms with Crippen LogP contribution >= 0.6 is 11.6 Å². The normalized spacial score (nSPS) is 14.8. The van der Waals surface area contributed by atoms with Crippen molar-refractivity contribution in [3.8, 4) is 0 Å². The second-order valence-corrected chi connectivity index (χ2v) is 8.31. The van der Waals surface area contributed by atoms with E-state index in [4.69, 9.17) is 16.8 Å². The fraction of sp³-hybridized carbons (Fsp3) is 0.286. The zero-order chi connectivity index (χ0) is 22.2. The molecule has 0 radical (unpaired) electrons. The number of hydrogen-bond acceptors (Lipinski definition) is 8. The number of nitrogens with one attached hydrogen (secondary N) is 2. The van der Waals surface area contributed by atoms with Gasteiger partial charge in [0.2, 0.25) is 0 Å². The molecule has 9 nitrogen and oxygen atoms in total. The number of quaternary nitrogens is 1. The van der Waals surface area contributed by atoms with Gasteiger partial charge in [-0.25, -0.2) is 20.2 Å². The molecule has 1 atom stereocenters. The summed E-state index contributed by atoms with van der Waals surface area (Å²) in [5.41, 5.74) is 2.60. The third kappa shape index (κ3) is 4.60. The van der Waals surface area contributed by atoms with Crippen LogP contribution in [0.5, 0.6) is 0 Å². The number of nitrogens with zero attached hydrogens (tertiary/aromatic N) is 4. The summed E-state index contributed by atoms with van der Waals surface area (Å²) in [5, 5.41) is 32.8. The number of pyridine rings is 1. The smallest absolute Gasteiger partial charge is 0.182 e. The van der Waals surface area contributed by atoms with Crippen molar-refractivity contribution in [2.75, 3.05) is 16.8 Å². The highest BCUT2D eigenvalue weighted by Crippen LogP contribution is 2.31. The van der Waals surface area contributed by atoms with Crippen molar-refractivity contribution in [3.63, 3.8) is 0 Å². The molecule has 0 amide bonds. The highest BCUT2D eigenvalue weighted by molar-refractivity contribution is 6.32. The van der Waals surface area contributed by atoms with E-state index in [-0.39, 0.29) is 10.7 Å². The highest BCUT2D eigenvalue weighted by atomic mass is 35.5. The molecule has 3 heterocycles. The van der Waals surface area contributed by atoms with E-state index in [2.05, 4.69) is 25.2 Å². The van der Waals surface area contributed by atoms with Gasteiger partial charge in [-0.1, -0.05) is 17.7 Å². The molecule has 1 aromatic carbocycles. The summed E-state index contributed by atoms with van der Waals surface area (Å²) in [5.74, 6) is 1.33. The van der Waals surface area contributed by atoms with Gasteiger partial charge in [0.05, 0.1) is 17.8 Å². The first kappa shape index (κ1) is 21.4. The van der Waals surface area contributed by atoms with Crippen LogP contribution in [0.3, 0.4) is 0 Å². The van der Waals surface area contributed by atoms with E-state index in [9.17, 15) is 10.3 Å². The minimum Gasteiger partial charge on any atom is -0.595 e. The highest BCUT2D eigenvalue weighted by Gasteiger charge is 2.23. The largest absolute Gasteiger partial charge is 0.595 e. The molecule has 0 spiro atoms. The Bertz CT molecular complexity index is 1090. The number of benzene rings is 1. The minimum absolute atomic E-state index is 0.0831. The van der Waals surface area contributed by atoms with E-state index >= 15 is 0 Å². The lowest BCUT2D eigenvalue weighted by molar-refractivity contribution is -0.991. The summed E-state index contributed by atoms with van der Waals surface area (Å²) >= 11 is 6.13.